The van der Waals surface area contributed by atoms with Crippen molar-refractivity contribution in [2.24, 2.45) is 11.3 Å². The third-order valence-electron chi connectivity index (χ3n) is 5.08. The second kappa shape index (κ2) is 5.36. The number of carbonyl (C=O) groups is 1. The van der Waals surface area contributed by atoms with Crippen LogP contribution >= 0.6 is 22.9 Å². The molecule has 0 fully saturated rings. The third-order valence-corrected chi connectivity index (χ3v) is 6.44. The molecule has 0 radical (unpaired) electrons. The van der Waals surface area contributed by atoms with Crippen LogP contribution in [0.4, 0.5) is 0 Å². The first kappa shape index (κ1) is 15.0. The molecule has 2 heterocycles. The molecule has 21 heavy (non-hydrogen) atoms. The quantitative estimate of drug-likeness (QED) is 0.726. The van der Waals surface area contributed by atoms with Crippen molar-refractivity contribution in [3.8, 4) is 0 Å². The van der Waals surface area contributed by atoms with Crippen molar-refractivity contribution in [3.05, 3.63) is 28.3 Å². The largest absolute Gasteiger partial charge is 0.275 e. The maximum atomic E-state index is 11.3. The summed E-state index contributed by atoms with van der Waals surface area (Å²) in [7, 11) is 0. The number of aromatic nitrogens is 1. The van der Waals surface area contributed by atoms with Crippen LogP contribution in [0.2, 0.25) is 0 Å². The predicted molar refractivity (Wildman–Crippen MR) is 89.4 cm³/mol. The zero-order chi connectivity index (χ0) is 15.2. The average molecular weight is 322 g/mol. The van der Waals surface area contributed by atoms with Gasteiger partial charge in [0.2, 0.25) is 0 Å². The minimum absolute atomic E-state index is 0.374. The number of aryl methyl sites for hydroxylation is 1. The highest BCUT2D eigenvalue weighted by molar-refractivity contribution is 7.21. The number of hydrogen-bond donors (Lipinski definition) is 0. The Labute approximate surface area is 134 Å². The van der Waals surface area contributed by atoms with Crippen LogP contribution in [-0.2, 0) is 12.8 Å². The average Bonchev–Trinajstić information content (AvgIpc) is 2.87. The summed E-state index contributed by atoms with van der Waals surface area (Å²) in [4.78, 5) is 17.6. The molecule has 112 valence electrons. The highest BCUT2D eigenvalue weighted by atomic mass is 35.5. The summed E-state index contributed by atoms with van der Waals surface area (Å²) >= 11 is 6.98. The fourth-order valence-corrected chi connectivity index (χ4v) is 4.21. The molecule has 1 aliphatic carbocycles. The zero-order valence-electron chi connectivity index (χ0n) is 12.7. The van der Waals surface area contributed by atoms with Gasteiger partial charge in [0.1, 0.15) is 4.83 Å². The van der Waals surface area contributed by atoms with E-state index in [0.29, 0.717) is 16.2 Å². The number of pyridine rings is 1. The summed E-state index contributed by atoms with van der Waals surface area (Å²) in [6.07, 6.45) is 4.55. The van der Waals surface area contributed by atoms with E-state index in [9.17, 15) is 4.79 Å². The molecule has 3 rings (SSSR count). The molecular weight excluding hydrogens is 302 g/mol. The third kappa shape index (κ3) is 2.74. The van der Waals surface area contributed by atoms with Crippen molar-refractivity contribution in [1.82, 2.24) is 4.98 Å². The number of rotatable bonds is 3. The molecule has 2 aromatic heterocycles. The van der Waals surface area contributed by atoms with Crippen molar-refractivity contribution >= 4 is 38.4 Å². The summed E-state index contributed by atoms with van der Waals surface area (Å²) < 4.78 is 0. The molecule has 0 bridgehead atoms. The van der Waals surface area contributed by atoms with Gasteiger partial charge in [-0.25, -0.2) is 4.98 Å². The van der Waals surface area contributed by atoms with Crippen LogP contribution in [0.3, 0.4) is 0 Å². The van der Waals surface area contributed by atoms with Crippen molar-refractivity contribution in [1.29, 1.82) is 0 Å². The second-order valence-electron chi connectivity index (χ2n) is 6.65. The van der Waals surface area contributed by atoms with Crippen LogP contribution in [-0.4, -0.2) is 10.2 Å². The second-order valence-corrected chi connectivity index (χ2v) is 8.03. The van der Waals surface area contributed by atoms with Crippen LogP contribution in [0.25, 0.3) is 10.2 Å². The lowest BCUT2D eigenvalue weighted by atomic mass is 9.69. The van der Waals surface area contributed by atoms with Gasteiger partial charge in [0.25, 0.3) is 5.24 Å². The molecule has 1 atom stereocenters. The van der Waals surface area contributed by atoms with Crippen molar-refractivity contribution in [2.45, 2.75) is 46.5 Å². The van der Waals surface area contributed by atoms with Gasteiger partial charge in [-0.2, -0.15) is 0 Å². The number of nitrogens with zero attached hydrogens (tertiary/aromatic N) is 1. The van der Waals surface area contributed by atoms with E-state index in [2.05, 4.69) is 26.8 Å². The van der Waals surface area contributed by atoms with Gasteiger partial charge >= 0.3 is 0 Å². The molecule has 0 saturated heterocycles. The lowest BCUT2D eigenvalue weighted by Gasteiger charge is -2.36. The molecule has 0 amide bonds. The van der Waals surface area contributed by atoms with Gasteiger partial charge in [-0.3, -0.25) is 4.79 Å². The smallest absolute Gasteiger partial charge is 0.262 e. The Bertz CT molecular complexity index is 704. The number of thiophene rings is 1. The molecule has 0 aliphatic heterocycles. The van der Waals surface area contributed by atoms with E-state index in [1.807, 2.05) is 6.07 Å². The van der Waals surface area contributed by atoms with Gasteiger partial charge in [-0.1, -0.05) is 27.2 Å². The maximum absolute atomic E-state index is 11.3. The Hall–Kier alpha value is -0.930. The number of hydrogen-bond acceptors (Lipinski definition) is 3. The van der Waals surface area contributed by atoms with Crippen molar-refractivity contribution < 1.29 is 4.79 Å². The summed E-state index contributed by atoms with van der Waals surface area (Å²) in [5.74, 6) is 0.710. The number of halogens is 1. The Kier molecular flexibility index (Phi) is 3.83. The van der Waals surface area contributed by atoms with E-state index < -0.39 is 0 Å². The molecule has 0 unspecified atom stereocenters. The van der Waals surface area contributed by atoms with Crippen LogP contribution in [0.15, 0.2) is 12.1 Å². The molecule has 0 N–H and O–H groups in total. The molecule has 0 spiro atoms. The van der Waals surface area contributed by atoms with Gasteiger partial charge in [0.15, 0.2) is 0 Å². The summed E-state index contributed by atoms with van der Waals surface area (Å²) in [5.41, 5.74) is 2.94. The Balaban J connectivity index is 1.98. The zero-order valence-corrected chi connectivity index (χ0v) is 14.3. The van der Waals surface area contributed by atoms with Gasteiger partial charge in [-0.05, 0) is 59.9 Å². The first-order valence-electron chi connectivity index (χ1n) is 7.53. The fourth-order valence-electron chi connectivity index (χ4n) is 3.18. The lowest BCUT2D eigenvalue weighted by molar-refractivity contribution is 0.108. The molecular formula is C17H20ClNOS. The van der Waals surface area contributed by atoms with Gasteiger partial charge in [-0.15, -0.1) is 11.3 Å². The molecule has 1 aliphatic rings. The standard InChI is InChI=1S/C17H20ClNOS/c1-4-17(2,3)12-5-6-13-10(8-12)7-11-9-14(15(18)20)21-16(11)19-13/h7,9,12H,4-6,8H2,1-3H3/t12-/m0/s1. The maximum Gasteiger partial charge on any atom is 0.262 e. The van der Waals surface area contributed by atoms with Crippen LogP contribution in [0, 0.1) is 11.3 Å². The predicted octanol–water partition coefficient (Wildman–Crippen LogP) is 5.22. The topological polar surface area (TPSA) is 30.0 Å². The summed E-state index contributed by atoms with van der Waals surface area (Å²) in [6, 6.07) is 4.09. The van der Waals surface area contributed by atoms with Gasteiger partial charge < -0.3 is 0 Å². The highest BCUT2D eigenvalue weighted by Crippen LogP contribution is 2.40. The van der Waals surface area contributed by atoms with Gasteiger partial charge in [0, 0.05) is 11.1 Å². The first-order valence-corrected chi connectivity index (χ1v) is 8.72. The van der Waals surface area contributed by atoms with E-state index in [4.69, 9.17) is 16.6 Å². The Morgan fingerprint density at radius 1 is 1.48 bits per heavy atom. The van der Waals surface area contributed by atoms with E-state index in [1.165, 1.54) is 35.4 Å². The normalized spacial score (nSPS) is 18.8. The van der Waals surface area contributed by atoms with Crippen LogP contribution in [0.1, 0.15) is 54.5 Å². The Morgan fingerprint density at radius 2 is 2.24 bits per heavy atom. The van der Waals surface area contributed by atoms with E-state index in [0.717, 1.165) is 23.1 Å². The first-order chi connectivity index (χ1) is 9.90. The number of carbonyl (C=O) groups excluding carboxylic acids is 1. The van der Waals surface area contributed by atoms with E-state index in [-0.39, 0.29) is 5.24 Å². The summed E-state index contributed by atoms with van der Waals surface area (Å²) in [6.45, 7) is 7.00. The molecule has 2 aromatic rings. The summed E-state index contributed by atoms with van der Waals surface area (Å²) in [5, 5.41) is 0.665. The molecule has 4 heteroatoms. The molecule has 2 nitrogen and oxygen atoms in total. The van der Waals surface area contributed by atoms with Crippen molar-refractivity contribution in [3.63, 3.8) is 0 Å². The monoisotopic (exact) mass is 321 g/mol. The van der Waals surface area contributed by atoms with E-state index >= 15 is 0 Å². The van der Waals surface area contributed by atoms with Crippen molar-refractivity contribution in [2.75, 3.05) is 0 Å². The Morgan fingerprint density at radius 3 is 2.90 bits per heavy atom. The molecule has 0 saturated carbocycles. The molecule has 0 aromatic carbocycles. The highest BCUT2D eigenvalue weighted by Gasteiger charge is 2.31. The van der Waals surface area contributed by atoms with Crippen LogP contribution in [0.5, 0.6) is 0 Å². The SMILES string of the molecule is CCC(C)(C)[C@H]1CCc2nc3sc(C(=O)Cl)cc3cc2C1. The van der Waals surface area contributed by atoms with Crippen LogP contribution < -0.4 is 0 Å². The van der Waals surface area contributed by atoms with E-state index in [1.54, 1.807) is 0 Å². The van der Waals surface area contributed by atoms with Gasteiger partial charge in [0.05, 0.1) is 4.88 Å². The fraction of sp³-hybridized carbons (Fsp3) is 0.529. The lowest BCUT2D eigenvalue weighted by Crippen LogP contribution is -2.29. The minimum Gasteiger partial charge on any atom is -0.275 e. The minimum atomic E-state index is -0.388. The number of fused-ring (bicyclic) bond motifs is 2.